The Morgan fingerprint density at radius 3 is 1.20 bits per heavy atom. The topological polar surface area (TPSA) is 258 Å². The Bertz CT molecular complexity index is 1720. The molecule has 4 aromatic carbocycles. The SMILES string of the molecule is O=C(O)c1ccc(C(=O)c2ccc(O)cc2O)cc1.O=C(O)c1cccc(C(=O)c2ccc(O)cc2O)c1.O=C=O.O=C=O. The van der Waals surface area contributed by atoms with Crippen molar-refractivity contribution in [3.63, 3.8) is 0 Å². The zero-order chi connectivity index (χ0) is 33.4. The lowest BCUT2D eigenvalue weighted by molar-refractivity contribution is -0.193. The van der Waals surface area contributed by atoms with E-state index in [1.165, 1.54) is 72.8 Å². The van der Waals surface area contributed by atoms with Crippen molar-refractivity contribution in [1.29, 1.82) is 0 Å². The van der Waals surface area contributed by atoms with Gasteiger partial charge in [0.05, 0.1) is 22.3 Å². The maximum atomic E-state index is 12.1. The van der Waals surface area contributed by atoms with Crippen molar-refractivity contribution in [1.82, 2.24) is 0 Å². The van der Waals surface area contributed by atoms with Gasteiger partial charge in [0.1, 0.15) is 23.0 Å². The highest BCUT2D eigenvalue weighted by Crippen LogP contribution is 2.26. The number of ketones is 2. The van der Waals surface area contributed by atoms with Crippen LogP contribution in [0, 0.1) is 0 Å². The molecular weight excluding hydrogens is 584 g/mol. The lowest BCUT2D eigenvalue weighted by Crippen LogP contribution is -2.04. The highest BCUT2D eigenvalue weighted by molar-refractivity contribution is 6.12. The number of phenols is 4. The molecule has 0 aliphatic carbocycles. The van der Waals surface area contributed by atoms with E-state index in [-0.39, 0.29) is 68.7 Å². The first kappa shape index (κ1) is 35.1. The third kappa shape index (κ3) is 10.3. The van der Waals surface area contributed by atoms with Gasteiger partial charge in [0.15, 0.2) is 11.6 Å². The third-order valence-corrected chi connectivity index (χ3v) is 5.22. The molecule has 0 amide bonds. The summed E-state index contributed by atoms with van der Waals surface area (Å²) in [6, 6.07) is 18.1. The second-order valence-corrected chi connectivity index (χ2v) is 8.00. The van der Waals surface area contributed by atoms with Crippen molar-refractivity contribution in [2.45, 2.75) is 0 Å². The van der Waals surface area contributed by atoms with Gasteiger partial charge in [-0.3, -0.25) is 9.59 Å². The zero-order valence-corrected chi connectivity index (χ0v) is 22.0. The van der Waals surface area contributed by atoms with Crippen molar-refractivity contribution >= 4 is 35.8 Å². The highest BCUT2D eigenvalue weighted by atomic mass is 16.4. The van der Waals surface area contributed by atoms with Crippen LogP contribution >= 0.6 is 0 Å². The molecule has 0 unspecified atom stereocenters. The van der Waals surface area contributed by atoms with E-state index in [0.29, 0.717) is 0 Å². The molecule has 224 valence electrons. The van der Waals surface area contributed by atoms with Crippen LogP contribution in [0.4, 0.5) is 0 Å². The molecule has 0 aliphatic heterocycles. The Balaban J connectivity index is 0.000000373. The molecule has 0 fully saturated rings. The van der Waals surface area contributed by atoms with E-state index in [0.717, 1.165) is 12.1 Å². The van der Waals surface area contributed by atoms with Crippen LogP contribution in [-0.4, -0.2) is 66.4 Å². The van der Waals surface area contributed by atoms with E-state index in [1.807, 2.05) is 0 Å². The second-order valence-electron chi connectivity index (χ2n) is 8.00. The van der Waals surface area contributed by atoms with E-state index in [2.05, 4.69) is 0 Å². The number of aromatic hydroxyl groups is 4. The molecular formula is C30H20O14. The largest absolute Gasteiger partial charge is 0.508 e. The molecule has 0 heterocycles. The van der Waals surface area contributed by atoms with Crippen LogP contribution in [0.3, 0.4) is 0 Å². The number of hydrogen-bond donors (Lipinski definition) is 6. The molecule has 6 N–H and O–H groups in total. The zero-order valence-electron chi connectivity index (χ0n) is 22.0. The van der Waals surface area contributed by atoms with E-state index >= 15 is 0 Å². The average Bonchev–Trinajstić information content (AvgIpc) is 2.98. The number of carbonyl (C=O) groups excluding carboxylic acids is 6. The molecule has 0 spiro atoms. The summed E-state index contributed by atoms with van der Waals surface area (Å²) in [5, 5.41) is 55.1. The van der Waals surface area contributed by atoms with Gasteiger partial charge in [-0.1, -0.05) is 24.3 Å². The summed E-state index contributed by atoms with van der Waals surface area (Å²) in [7, 11) is 0. The van der Waals surface area contributed by atoms with Gasteiger partial charge >= 0.3 is 24.2 Å². The summed E-state index contributed by atoms with van der Waals surface area (Å²) < 4.78 is 0. The van der Waals surface area contributed by atoms with Gasteiger partial charge in [-0.15, -0.1) is 0 Å². The van der Waals surface area contributed by atoms with Gasteiger partial charge in [0.25, 0.3) is 0 Å². The maximum absolute atomic E-state index is 12.1. The minimum absolute atomic E-state index is 0.000314. The molecule has 0 bridgehead atoms. The number of hydrogen-bond acceptors (Lipinski definition) is 12. The smallest absolute Gasteiger partial charge is 0.373 e. The Morgan fingerprint density at radius 1 is 0.455 bits per heavy atom. The van der Waals surface area contributed by atoms with Gasteiger partial charge in [-0.05, 0) is 48.5 Å². The van der Waals surface area contributed by atoms with Crippen LogP contribution in [0.1, 0.15) is 52.6 Å². The number of phenolic OH excluding ortho intramolecular Hbond substituents is 4. The van der Waals surface area contributed by atoms with Crippen LogP contribution in [0.15, 0.2) is 84.9 Å². The number of carbonyl (C=O) groups is 4. The van der Waals surface area contributed by atoms with E-state index < -0.39 is 23.5 Å². The normalized spacial score (nSPS) is 9.09. The lowest BCUT2D eigenvalue weighted by Gasteiger charge is -2.05. The Hall–Kier alpha value is -6.88. The van der Waals surface area contributed by atoms with Crippen molar-refractivity contribution in [3.8, 4) is 23.0 Å². The first-order chi connectivity index (χ1) is 20.8. The van der Waals surface area contributed by atoms with Crippen LogP contribution in [0.25, 0.3) is 0 Å². The molecule has 0 atom stereocenters. The quantitative estimate of drug-likeness (QED) is 0.173. The van der Waals surface area contributed by atoms with Gasteiger partial charge in [-0.25, -0.2) is 9.59 Å². The summed E-state index contributed by atoms with van der Waals surface area (Å²) in [6.07, 6.45) is 0.500. The number of benzene rings is 4. The molecule has 0 aliphatic rings. The van der Waals surface area contributed by atoms with E-state index in [9.17, 15) is 29.4 Å². The van der Waals surface area contributed by atoms with Gasteiger partial charge in [-0.2, -0.15) is 19.2 Å². The summed E-state index contributed by atoms with van der Waals surface area (Å²) in [6.45, 7) is 0. The summed E-state index contributed by atoms with van der Waals surface area (Å²) in [5.41, 5.74) is 0.517. The first-order valence-electron chi connectivity index (χ1n) is 11.6. The molecule has 14 heteroatoms. The van der Waals surface area contributed by atoms with Gasteiger partial charge in [0, 0.05) is 23.3 Å². The number of rotatable bonds is 6. The number of aromatic carboxylic acids is 2. The predicted octanol–water partition coefficient (Wildman–Crippen LogP) is 2.89. The standard InChI is InChI=1S/2C14H10O5.2CO2/c15-10-5-6-11(12(16)7-10)13(17)8-1-3-9(4-2-8)14(18)19;15-10-4-5-11(12(16)7-10)13(17)8-2-1-3-9(6-8)14(18)19;2*2-1-3/h2*1-7,15-16H,(H,18,19);;. The molecule has 4 rings (SSSR count). The minimum Gasteiger partial charge on any atom is -0.508 e. The molecule has 14 nitrogen and oxygen atoms in total. The maximum Gasteiger partial charge on any atom is 0.373 e. The minimum atomic E-state index is -1.13. The number of carboxylic acids is 2. The molecule has 44 heavy (non-hydrogen) atoms. The monoisotopic (exact) mass is 604 g/mol. The molecule has 0 saturated heterocycles. The third-order valence-electron chi connectivity index (χ3n) is 5.22. The predicted molar refractivity (Wildman–Crippen MR) is 143 cm³/mol. The van der Waals surface area contributed by atoms with Crippen molar-refractivity contribution < 1.29 is 69.0 Å². The van der Waals surface area contributed by atoms with Crippen LogP contribution in [0.5, 0.6) is 23.0 Å². The van der Waals surface area contributed by atoms with Crippen LogP contribution in [-0.2, 0) is 19.2 Å². The van der Waals surface area contributed by atoms with Gasteiger partial charge < -0.3 is 30.6 Å². The molecule has 0 saturated carbocycles. The highest BCUT2D eigenvalue weighted by Gasteiger charge is 2.16. The molecule has 0 aromatic heterocycles. The van der Waals surface area contributed by atoms with Crippen molar-refractivity contribution in [3.05, 3.63) is 118 Å². The molecule has 4 aromatic rings. The molecule has 0 radical (unpaired) electrons. The van der Waals surface area contributed by atoms with Gasteiger partial charge in [0.2, 0.25) is 0 Å². The Labute approximate surface area is 246 Å². The number of carboxylic acid groups (broad SMARTS) is 2. The average molecular weight is 604 g/mol. The second kappa shape index (κ2) is 17.0. The summed E-state index contributed by atoms with van der Waals surface area (Å²) in [4.78, 5) is 78.2. The fourth-order valence-corrected chi connectivity index (χ4v) is 3.29. The summed E-state index contributed by atoms with van der Waals surface area (Å²) in [5.74, 6) is -4.16. The van der Waals surface area contributed by atoms with Crippen molar-refractivity contribution in [2.24, 2.45) is 0 Å². The van der Waals surface area contributed by atoms with Crippen molar-refractivity contribution in [2.75, 3.05) is 0 Å². The fourth-order valence-electron chi connectivity index (χ4n) is 3.29. The summed E-state index contributed by atoms with van der Waals surface area (Å²) >= 11 is 0. The lowest BCUT2D eigenvalue weighted by atomic mass is 10.0. The van der Waals surface area contributed by atoms with Crippen LogP contribution < -0.4 is 0 Å². The Morgan fingerprint density at radius 2 is 0.818 bits per heavy atom. The Kier molecular flexibility index (Phi) is 13.6. The van der Waals surface area contributed by atoms with E-state index in [4.69, 9.17) is 39.6 Å². The van der Waals surface area contributed by atoms with E-state index in [1.54, 1.807) is 0 Å². The van der Waals surface area contributed by atoms with Crippen LogP contribution in [0.2, 0.25) is 0 Å². The fraction of sp³-hybridized carbons (Fsp3) is 0. The first-order valence-corrected chi connectivity index (χ1v) is 11.6.